The van der Waals surface area contributed by atoms with Gasteiger partial charge in [0.1, 0.15) is 5.75 Å². The summed E-state index contributed by atoms with van der Waals surface area (Å²) in [5, 5.41) is 18.0. The first-order valence-corrected chi connectivity index (χ1v) is 8.38. The molecule has 1 amide bonds. The average Bonchev–Trinajstić information content (AvgIpc) is 2.97. The zero-order valence-electron chi connectivity index (χ0n) is 14.8. The number of carbonyl (C=O) groups excluding carboxylic acids is 1. The molecule has 25 heavy (non-hydrogen) atoms. The van der Waals surface area contributed by atoms with Crippen molar-refractivity contribution >= 4 is 23.5 Å². The number of halogens is 1. The van der Waals surface area contributed by atoms with E-state index in [2.05, 4.69) is 26.2 Å². The Balaban J connectivity index is 2.03. The molecule has 0 aliphatic rings. The van der Waals surface area contributed by atoms with E-state index in [0.717, 1.165) is 5.56 Å². The van der Waals surface area contributed by atoms with Crippen molar-refractivity contribution in [3.05, 3.63) is 28.8 Å². The molecule has 1 heterocycles. The zero-order valence-corrected chi connectivity index (χ0v) is 15.6. The molecular weight excluding hydrogens is 344 g/mol. The van der Waals surface area contributed by atoms with Crippen molar-refractivity contribution in [1.29, 1.82) is 0 Å². The van der Waals surface area contributed by atoms with Gasteiger partial charge < -0.3 is 15.4 Å². The van der Waals surface area contributed by atoms with Gasteiger partial charge in [-0.2, -0.15) is 0 Å². The molecule has 9 heteroatoms. The Morgan fingerprint density at radius 1 is 1.36 bits per heavy atom. The molecule has 0 unspecified atom stereocenters. The van der Waals surface area contributed by atoms with Crippen LogP contribution in [0.4, 0.5) is 5.95 Å². The second kappa shape index (κ2) is 8.15. The molecule has 0 saturated carbocycles. The van der Waals surface area contributed by atoms with Crippen LogP contribution in [0, 0.1) is 0 Å². The summed E-state index contributed by atoms with van der Waals surface area (Å²) >= 11 is 6.08. The number of amides is 1. The number of carbonyl (C=O) groups is 1. The van der Waals surface area contributed by atoms with Crippen LogP contribution >= 0.6 is 11.6 Å². The van der Waals surface area contributed by atoms with Crippen molar-refractivity contribution in [2.75, 3.05) is 11.9 Å². The third-order valence-electron chi connectivity index (χ3n) is 3.16. The van der Waals surface area contributed by atoms with Gasteiger partial charge in [-0.1, -0.05) is 16.7 Å². The molecule has 1 aromatic heterocycles. The standard InChI is InChI=1S/C16H23ClN6O2/c1-5-23-15(20-21-22-23)18-9-11-8-12(17)6-7-13(11)25-10-14(24)19-16(2,3)4/h6-8H,5,9-10H2,1-4H3,(H,19,24)(H,18,20,22). The van der Waals surface area contributed by atoms with Crippen molar-refractivity contribution in [3.63, 3.8) is 0 Å². The van der Waals surface area contributed by atoms with E-state index in [0.29, 0.717) is 29.8 Å². The van der Waals surface area contributed by atoms with Crippen molar-refractivity contribution < 1.29 is 9.53 Å². The molecule has 0 aliphatic carbocycles. The molecule has 0 spiro atoms. The third kappa shape index (κ3) is 5.90. The van der Waals surface area contributed by atoms with Crippen LogP contribution in [0.1, 0.15) is 33.3 Å². The monoisotopic (exact) mass is 366 g/mol. The fraction of sp³-hybridized carbons (Fsp3) is 0.500. The van der Waals surface area contributed by atoms with Gasteiger partial charge in [-0.25, -0.2) is 4.68 Å². The molecule has 1 aromatic carbocycles. The van der Waals surface area contributed by atoms with Crippen LogP contribution in [0.25, 0.3) is 0 Å². The summed E-state index contributed by atoms with van der Waals surface area (Å²) in [6.07, 6.45) is 0. The summed E-state index contributed by atoms with van der Waals surface area (Å²) in [4.78, 5) is 11.9. The van der Waals surface area contributed by atoms with E-state index >= 15 is 0 Å². The third-order valence-corrected chi connectivity index (χ3v) is 3.40. The molecule has 2 rings (SSSR count). The van der Waals surface area contributed by atoms with E-state index < -0.39 is 0 Å². The Morgan fingerprint density at radius 3 is 2.80 bits per heavy atom. The van der Waals surface area contributed by atoms with Crippen LogP contribution < -0.4 is 15.4 Å². The van der Waals surface area contributed by atoms with Crippen molar-refractivity contribution in [2.24, 2.45) is 0 Å². The molecule has 0 saturated heterocycles. The maximum absolute atomic E-state index is 11.9. The molecule has 0 radical (unpaired) electrons. The number of aromatic nitrogens is 4. The minimum Gasteiger partial charge on any atom is -0.483 e. The number of ether oxygens (including phenoxy) is 1. The minimum absolute atomic E-state index is 0.0708. The van der Waals surface area contributed by atoms with Crippen LogP contribution in [-0.2, 0) is 17.9 Å². The zero-order chi connectivity index (χ0) is 18.4. The number of rotatable bonds is 7. The van der Waals surface area contributed by atoms with E-state index in [1.165, 1.54) is 0 Å². The molecule has 8 nitrogen and oxygen atoms in total. The lowest BCUT2D eigenvalue weighted by Crippen LogP contribution is -2.43. The van der Waals surface area contributed by atoms with Crippen molar-refractivity contribution in [3.8, 4) is 5.75 Å². The normalized spacial score (nSPS) is 11.2. The topological polar surface area (TPSA) is 94.0 Å². The molecule has 136 valence electrons. The summed E-state index contributed by atoms with van der Waals surface area (Å²) in [6.45, 7) is 8.70. The molecule has 0 bridgehead atoms. The van der Waals surface area contributed by atoms with E-state index in [1.807, 2.05) is 27.7 Å². The number of hydrogen-bond donors (Lipinski definition) is 2. The maximum atomic E-state index is 11.9. The van der Waals surface area contributed by atoms with Gasteiger partial charge in [0.2, 0.25) is 5.95 Å². The van der Waals surface area contributed by atoms with E-state index in [4.69, 9.17) is 16.3 Å². The first kappa shape index (κ1) is 19.0. The Labute approximate surface area is 151 Å². The number of aryl methyl sites for hydroxylation is 1. The van der Waals surface area contributed by atoms with E-state index in [1.54, 1.807) is 22.9 Å². The number of tetrazole rings is 1. The van der Waals surface area contributed by atoms with Crippen LogP contribution in [0.5, 0.6) is 5.75 Å². The van der Waals surface area contributed by atoms with E-state index in [9.17, 15) is 4.79 Å². The highest BCUT2D eigenvalue weighted by molar-refractivity contribution is 6.30. The van der Waals surface area contributed by atoms with Crippen molar-refractivity contribution in [1.82, 2.24) is 25.5 Å². The van der Waals surface area contributed by atoms with Crippen molar-refractivity contribution in [2.45, 2.75) is 46.3 Å². The quantitative estimate of drug-likeness (QED) is 0.780. The first-order valence-electron chi connectivity index (χ1n) is 8.01. The molecule has 0 fully saturated rings. The van der Waals surface area contributed by atoms with Gasteiger partial charge in [0, 0.05) is 29.2 Å². The Morgan fingerprint density at radius 2 is 2.12 bits per heavy atom. The van der Waals surface area contributed by atoms with E-state index in [-0.39, 0.29) is 18.1 Å². The molecule has 0 atom stereocenters. The number of benzene rings is 1. The summed E-state index contributed by atoms with van der Waals surface area (Å²) in [5.41, 5.74) is 0.504. The number of anilines is 1. The van der Waals surface area contributed by atoms with Crippen LogP contribution in [-0.4, -0.2) is 38.3 Å². The lowest BCUT2D eigenvalue weighted by atomic mass is 10.1. The van der Waals surface area contributed by atoms with Gasteiger partial charge in [0.05, 0.1) is 0 Å². The molecule has 2 N–H and O–H groups in total. The van der Waals surface area contributed by atoms with Crippen LogP contribution in [0.15, 0.2) is 18.2 Å². The Kier molecular flexibility index (Phi) is 6.19. The second-order valence-electron chi connectivity index (χ2n) is 6.51. The van der Waals surface area contributed by atoms with Crippen LogP contribution in [0.3, 0.4) is 0 Å². The summed E-state index contributed by atoms with van der Waals surface area (Å²) < 4.78 is 7.30. The fourth-order valence-corrected chi connectivity index (χ4v) is 2.34. The molecule has 2 aromatic rings. The predicted octanol–water partition coefficient (Wildman–Crippen LogP) is 2.25. The minimum atomic E-state index is -0.304. The summed E-state index contributed by atoms with van der Waals surface area (Å²) in [6, 6.07) is 5.25. The smallest absolute Gasteiger partial charge is 0.258 e. The van der Waals surface area contributed by atoms with Gasteiger partial charge in [-0.15, -0.1) is 0 Å². The van der Waals surface area contributed by atoms with Gasteiger partial charge in [-0.3, -0.25) is 4.79 Å². The highest BCUT2D eigenvalue weighted by Gasteiger charge is 2.15. The SMILES string of the molecule is CCn1nnnc1NCc1cc(Cl)ccc1OCC(=O)NC(C)(C)C. The van der Waals surface area contributed by atoms with Gasteiger partial charge in [-0.05, 0) is 56.3 Å². The second-order valence-corrected chi connectivity index (χ2v) is 6.95. The van der Waals surface area contributed by atoms with Gasteiger partial charge >= 0.3 is 0 Å². The fourth-order valence-electron chi connectivity index (χ4n) is 2.14. The maximum Gasteiger partial charge on any atom is 0.258 e. The lowest BCUT2D eigenvalue weighted by molar-refractivity contribution is -0.124. The number of nitrogens with one attached hydrogen (secondary N) is 2. The van der Waals surface area contributed by atoms with Gasteiger partial charge in [0.15, 0.2) is 6.61 Å². The van der Waals surface area contributed by atoms with Gasteiger partial charge in [0.25, 0.3) is 5.91 Å². The molecule has 0 aliphatic heterocycles. The largest absolute Gasteiger partial charge is 0.483 e. The number of hydrogen-bond acceptors (Lipinski definition) is 6. The number of nitrogens with zero attached hydrogens (tertiary/aromatic N) is 4. The Bertz CT molecular complexity index is 726. The highest BCUT2D eigenvalue weighted by Crippen LogP contribution is 2.23. The predicted molar refractivity (Wildman–Crippen MR) is 95.7 cm³/mol. The Hall–Kier alpha value is -2.35. The average molecular weight is 367 g/mol. The highest BCUT2D eigenvalue weighted by atomic mass is 35.5. The van der Waals surface area contributed by atoms with Crippen LogP contribution in [0.2, 0.25) is 5.02 Å². The summed E-state index contributed by atoms with van der Waals surface area (Å²) in [5.74, 6) is 0.951. The first-order chi connectivity index (χ1) is 11.8. The lowest BCUT2D eigenvalue weighted by Gasteiger charge is -2.21. The molecular formula is C16H23ClN6O2. The summed E-state index contributed by atoms with van der Waals surface area (Å²) in [7, 11) is 0.